The number of hydrogen-bond acceptors (Lipinski definition) is 3. The SMILES string of the molecule is CCCCn1cc[n+](CCCC)c1.COC(=O)[O-]. The fraction of sp³-hybridized carbons (Fsp3) is 0.692. The van der Waals surface area contributed by atoms with Gasteiger partial charge >= 0.3 is 0 Å². The summed E-state index contributed by atoms with van der Waals surface area (Å²) in [6.45, 7) is 6.79. The summed E-state index contributed by atoms with van der Waals surface area (Å²) >= 11 is 0. The molecule has 104 valence electrons. The van der Waals surface area contributed by atoms with Gasteiger partial charge in [0.05, 0.1) is 13.1 Å². The molecule has 1 aromatic heterocycles. The number of carboxylic acid groups (broad SMARTS) is 1. The molecule has 0 bridgehead atoms. The zero-order valence-corrected chi connectivity index (χ0v) is 11.6. The van der Waals surface area contributed by atoms with Crippen LogP contribution in [0.15, 0.2) is 18.7 Å². The topological polar surface area (TPSA) is 58.2 Å². The van der Waals surface area contributed by atoms with Crippen molar-refractivity contribution in [3.05, 3.63) is 18.7 Å². The van der Waals surface area contributed by atoms with E-state index < -0.39 is 6.16 Å². The molecule has 5 heteroatoms. The molecule has 0 aliphatic carbocycles. The number of carbonyl (C=O) groups is 1. The Hall–Kier alpha value is -1.52. The Morgan fingerprint density at radius 2 is 1.94 bits per heavy atom. The van der Waals surface area contributed by atoms with Crippen LogP contribution in [-0.2, 0) is 17.8 Å². The fourth-order valence-electron chi connectivity index (χ4n) is 1.38. The Bertz CT molecular complexity index is 301. The van der Waals surface area contributed by atoms with Gasteiger partial charge in [0.25, 0.3) is 6.16 Å². The Kier molecular flexibility index (Phi) is 9.73. The molecule has 1 heterocycles. The molecule has 0 aliphatic heterocycles. The molecule has 18 heavy (non-hydrogen) atoms. The molecule has 0 radical (unpaired) electrons. The maximum atomic E-state index is 9.03. The first kappa shape index (κ1) is 16.5. The summed E-state index contributed by atoms with van der Waals surface area (Å²) in [4.78, 5) is 9.03. The van der Waals surface area contributed by atoms with Crippen LogP contribution in [0.25, 0.3) is 0 Å². The van der Waals surface area contributed by atoms with Gasteiger partial charge in [0.2, 0.25) is 6.33 Å². The molecule has 0 fully saturated rings. The van der Waals surface area contributed by atoms with Crippen molar-refractivity contribution in [3.63, 3.8) is 0 Å². The Labute approximate surface area is 109 Å². The van der Waals surface area contributed by atoms with Crippen LogP contribution in [0.4, 0.5) is 4.79 Å². The van der Waals surface area contributed by atoms with Crippen LogP contribution in [0, 0.1) is 0 Å². The first-order valence-corrected chi connectivity index (χ1v) is 6.43. The number of nitrogens with zero attached hydrogens (tertiary/aromatic N) is 2. The molecular weight excluding hydrogens is 232 g/mol. The predicted octanol–water partition coefficient (Wildman–Crippen LogP) is 1.35. The number of unbranched alkanes of at least 4 members (excludes halogenated alkanes) is 2. The standard InChI is InChI=1S/C11H21N2.C2H4O3/c1-3-5-7-12-9-10-13(11-12)8-6-4-2;1-5-2(3)4/h9-11H,3-8H2,1-2H3;1H3,(H,3,4)/q+1;/p-1. The van der Waals surface area contributed by atoms with Crippen LogP contribution in [0.1, 0.15) is 39.5 Å². The average molecular weight is 256 g/mol. The second-order valence-corrected chi connectivity index (χ2v) is 4.05. The van der Waals surface area contributed by atoms with Gasteiger partial charge in [-0.2, -0.15) is 0 Å². The third kappa shape index (κ3) is 8.61. The minimum atomic E-state index is -1.50. The lowest BCUT2D eigenvalue weighted by atomic mass is 10.3. The molecule has 0 unspecified atom stereocenters. The minimum absolute atomic E-state index is 1.04. The molecule has 0 amide bonds. The summed E-state index contributed by atoms with van der Waals surface area (Å²) < 4.78 is 8.11. The van der Waals surface area contributed by atoms with Crippen molar-refractivity contribution in [1.82, 2.24) is 4.57 Å². The van der Waals surface area contributed by atoms with Crippen LogP contribution in [-0.4, -0.2) is 17.8 Å². The third-order valence-electron chi connectivity index (χ3n) is 2.45. The van der Waals surface area contributed by atoms with Gasteiger partial charge in [0.1, 0.15) is 12.4 Å². The van der Waals surface area contributed by atoms with E-state index in [9.17, 15) is 0 Å². The van der Waals surface area contributed by atoms with E-state index in [1.54, 1.807) is 0 Å². The summed E-state index contributed by atoms with van der Waals surface area (Å²) in [5.74, 6) is 0. The molecule has 1 rings (SSSR count). The van der Waals surface area contributed by atoms with Crippen LogP contribution in [0.2, 0.25) is 0 Å². The van der Waals surface area contributed by atoms with Gasteiger partial charge in [-0.1, -0.05) is 26.7 Å². The normalized spacial score (nSPS) is 9.50. The van der Waals surface area contributed by atoms with Gasteiger partial charge in [-0.3, -0.25) is 0 Å². The molecule has 0 N–H and O–H groups in total. The molecule has 0 saturated heterocycles. The second-order valence-electron chi connectivity index (χ2n) is 4.05. The average Bonchev–Trinajstić information content (AvgIpc) is 2.82. The maximum absolute atomic E-state index is 9.03. The van der Waals surface area contributed by atoms with E-state index in [-0.39, 0.29) is 0 Å². The zero-order valence-electron chi connectivity index (χ0n) is 11.6. The number of rotatable bonds is 6. The van der Waals surface area contributed by atoms with Crippen molar-refractivity contribution in [2.45, 2.75) is 52.6 Å². The van der Waals surface area contributed by atoms with Crippen molar-refractivity contribution >= 4 is 6.16 Å². The summed E-state index contributed by atoms with van der Waals surface area (Å²) in [6, 6.07) is 0. The number of aryl methyl sites for hydroxylation is 2. The highest BCUT2D eigenvalue weighted by molar-refractivity contribution is 5.53. The van der Waals surface area contributed by atoms with Crippen molar-refractivity contribution in [2.24, 2.45) is 0 Å². The lowest BCUT2D eigenvalue weighted by Gasteiger charge is -1.93. The van der Waals surface area contributed by atoms with E-state index in [1.807, 2.05) is 0 Å². The summed E-state index contributed by atoms with van der Waals surface area (Å²) in [5.41, 5.74) is 0. The summed E-state index contributed by atoms with van der Waals surface area (Å²) in [6.07, 6.45) is 10.2. The van der Waals surface area contributed by atoms with E-state index in [1.165, 1.54) is 25.7 Å². The van der Waals surface area contributed by atoms with Crippen LogP contribution >= 0.6 is 0 Å². The van der Waals surface area contributed by atoms with E-state index in [2.05, 4.69) is 46.4 Å². The van der Waals surface area contributed by atoms with E-state index in [0.29, 0.717) is 0 Å². The Morgan fingerprint density at radius 3 is 2.44 bits per heavy atom. The summed E-state index contributed by atoms with van der Waals surface area (Å²) in [5, 5.41) is 9.03. The Balaban J connectivity index is 0.000000494. The van der Waals surface area contributed by atoms with Gasteiger partial charge in [-0.05, 0) is 12.8 Å². The van der Waals surface area contributed by atoms with Crippen LogP contribution in [0.5, 0.6) is 0 Å². The smallest absolute Gasteiger partial charge is 0.251 e. The van der Waals surface area contributed by atoms with Crippen molar-refractivity contribution < 1.29 is 19.2 Å². The number of methoxy groups -OCH3 is 1. The number of carbonyl (C=O) groups excluding carboxylic acids is 1. The molecule has 1 aromatic rings. The molecule has 0 spiro atoms. The highest BCUT2D eigenvalue weighted by Gasteiger charge is 2.01. The molecule has 0 saturated carbocycles. The molecule has 5 nitrogen and oxygen atoms in total. The molecule has 0 aliphatic rings. The number of ether oxygens (including phenoxy) is 1. The monoisotopic (exact) mass is 256 g/mol. The van der Waals surface area contributed by atoms with Crippen molar-refractivity contribution in [1.29, 1.82) is 0 Å². The lowest BCUT2D eigenvalue weighted by Crippen LogP contribution is -2.30. The third-order valence-corrected chi connectivity index (χ3v) is 2.45. The van der Waals surface area contributed by atoms with Gasteiger partial charge in [0.15, 0.2) is 0 Å². The van der Waals surface area contributed by atoms with Gasteiger partial charge in [-0.15, -0.1) is 0 Å². The number of imidazole rings is 1. The van der Waals surface area contributed by atoms with E-state index in [0.717, 1.165) is 20.2 Å². The molecular formula is C13H24N2O3. The minimum Gasteiger partial charge on any atom is -0.553 e. The maximum Gasteiger partial charge on any atom is 0.251 e. The largest absolute Gasteiger partial charge is 0.553 e. The Morgan fingerprint density at radius 1 is 1.33 bits per heavy atom. The van der Waals surface area contributed by atoms with Crippen LogP contribution in [0.3, 0.4) is 0 Å². The molecule has 0 atom stereocenters. The molecule has 0 aromatic carbocycles. The first-order chi connectivity index (χ1) is 8.63. The second kappa shape index (κ2) is 10.6. The highest BCUT2D eigenvalue weighted by Crippen LogP contribution is 1.93. The highest BCUT2D eigenvalue weighted by atomic mass is 16.6. The number of hydrogen-bond donors (Lipinski definition) is 0. The number of aromatic nitrogens is 2. The van der Waals surface area contributed by atoms with E-state index in [4.69, 9.17) is 9.90 Å². The van der Waals surface area contributed by atoms with Gasteiger partial charge in [-0.25, -0.2) is 9.13 Å². The van der Waals surface area contributed by atoms with Gasteiger partial charge < -0.3 is 14.6 Å². The van der Waals surface area contributed by atoms with Crippen molar-refractivity contribution in [2.75, 3.05) is 7.11 Å². The first-order valence-electron chi connectivity index (χ1n) is 6.43. The summed E-state index contributed by atoms with van der Waals surface area (Å²) in [7, 11) is 1.04. The van der Waals surface area contributed by atoms with Gasteiger partial charge in [0, 0.05) is 7.11 Å². The van der Waals surface area contributed by atoms with E-state index >= 15 is 0 Å². The van der Waals surface area contributed by atoms with Crippen molar-refractivity contribution in [3.8, 4) is 0 Å². The van der Waals surface area contributed by atoms with Crippen LogP contribution < -0.4 is 9.67 Å². The zero-order chi connectivity index (χ0) is 13.8. The predicted molar refractivity (Wildman–Crippen MR) is 66.8 cm³/mol. The lowest BCUT2D eigenvalue weighted by molar-refractivity contribution is -0.696. The fourth-order valence-corrected chi connectivity index (χ4v) is 1.38. The quantitative estimate of drug-likeness (QED) is 0.570.